The summed E-state index contributed by atoms with van der Waals surface area (Å²) in [4.78, 5) is 54.2. The van der Waals surface area contributed by atoms with Gasteiger partial charge < -0.3 is 33.1 Å². The molecule has 2 fully saturated rings. The summed E-state index contributed by atoms with van der Waals surface area (Å²) in [6.07, 6.45) is 4.78. The van der Waals surface area contributed by atoms with E-state index in [9.17, 15) is 23.6 Å². The fourth-order valence-electron chi connectivity index (χ4n) is 7.82. The van der Waals surface area contributed by atoms with E-state index in [0.29, 0.717) is 19.3 Å². The number of hydrogen-bond acceptors (Lipinski definition) is 12. The van der Waals surface area contributed by atoms with Gasteiger partial charge >= 0.3 is 11.9 Å². The molecule has 0 N–H and O–H groups in total. The molecule has 0 unspecified atom stereocenters. The largest absolute Gasteiger partial charge is 0.459 e. The van der Waals surface area contributed by atoms with Crippen LogP contribution in [0.5, 0.6) is 0 Å². The predicted octanol–water partition coefficient (Wildman–Crippen LogP) is 10.5. The minimum Gasteiger partial charge on any atom is -0.459 e. The van der Waals surface area contributed by atoms with Crippen LogP contribution in [0.1, 0.15) is 140 Å². The number of nitrogens with zero attached hydrogens (tertiary/aromatic N) is 2. The topological polar surface area (TPSA) is 144 Å². The normalized spacial score (nSPS) is 27.9. The van der Waals surface area contributed by atoms with Crippen LogP contribution >= 0.6 is 0 Å². The maximum Gasteiger partial charge on any atom is 0.316 e. The highest BCUT2D eigenvalue weighted by molar-refractivity contribution is 6.00. The first kappa shape index (κ1) is 59.5. The van der Waals surface area contributed by atoms with Crippen LogP contribution in [-0.4, -0.2) is 105 Å². The Labute approximate surface area is 380 Å². The van der Waals surface area contributed by atoms with Gasteiger partial charge in [0.05, 0.1) is 18.9 Å². The standard InChI is InChI=1S/C30H51NO8.C14H17NO.C2H5F.C2H6O.C2H6/c1-11-24-25(37-22(8)32)13-17(3)27(33)16(2)12-18(4)29(20(6)28(34)21(7)30(35)38-24)39-26-15-23(31(9)10)14-19(5)36-26;1-2-3-5-10-13-11-14(15-16-13)12-8-6-4-7-9-12;1-2-3;1-3-2;1-2/h16-21,23-26,29H,11-15H2,1-10H3;4,6-9,11H,2-3,5,10H2,1H3;2H2,1H3;1-2H3;1-2H3/t16-,17-,18+,19-,20+,21-,23+,24-,25+,26+,29+;;;;/m1..../s1. The molecule has 3 heterocycles. The SMILES string of the molecule is CC.CCCCCc1cc(-c2ccccc2)no1.CCF.CC[C@H]1OC(=O)[C@H](C)C(=O)[C@H](C)[C@@H](O[C@H]2C[C@@H](N(C)C)C[C@@H](C)O2)[C@@H](C)C[C@@H](C)C(=O)[C@H](C)C[C@@H]1OC(C)=O.COC. The molecule has 2 aromatic rings. The highest BCUT2D eigenvalue weighted by atomic mass is 19.1. The third-order valence-electron chi connectivity index (χ3n) is 11.1. The van der Waals surface area contributed by atoms with Gasteiger partial charge in [0.2, 0.25) is 0 Å². The lowest BCUT2D eigenvalue weighted by Gasteiger charge is -2.41. The van der Waals surface area contributed by atoms with Gasteiger partial charge in [-0.3, -0.25) is 23.6 Å². The van der Waals surface area contributed by atoms with Crippen molar-refractivity contribution in [3.63, 3.8) is 0 Å². The average Bonchev–Trinajstić information content (AvgIpc) is 3.73. The number of alkyl halides is 1. The van der Waals surface area contributed by atoms with Gasteiger partial charge in [0, 0.05) is 69.4 Å². The fourth-order valence-corrected chi connectivity index (χ4v) is 7.82. The molecule has 12 nitrogen and oxygen atoms in total. The number of Topliss-reactive ketones (excluding diaryl/α,β-unsaturated/α-hetero) is 2. The summed E-state index contributed by atoms with van der Waals surface area (Å²) in [5.41, 5.74) is 2.06. The molecule has 13 heteroatoms. The summed E-state index contributed by atoms with van der Waals surface area (Å²) in [5, 5.41) is 4.09. The Kier molecular flexibility index (Phi) is 31.2. The Bertz CT molecular complexity index is 1540. The number of aromatic nitrogens is 1. The number of esters is 2. The number of cyclic esters (lactones) is 1. The first-order chi connectivity index (χ1) is 29.9. The van der Waals surface area contributed by atoms with Crippen molar-refractivity contribution in [2.24, 2.45) is 29.6 Å². The number of unbranched alkanes of at least 4 members (excludes halogenated alkanes) is 2. The Balaban J connectivity index is 0.00000131. The van der Waals surface area contributed by atoms with E-state index in [4.69, 9.17) is 23.5 Å². The Morgan fingerprint density at radius 3 is 2.00 bits per heavy atom. The van der Waals surface area contributed by atoms with Crippen molar-refractivity contribution < 1.29 is 51.8 Å². The van der Waals surface area contributed by atoms with Crippen LogP contribution < -0.4 is 0 Å². The molecule has 0 radical (unpaired) electrons. The molecule has 0 bridgehead atoms. The van der Waals surface area contributed by atoms with Crippen molar-refractivity contribution in [3.8, 4) is 11.3 Å². The van der Waals surface area contributed by atoms with Crippen LogP contribution in [-0.2, 0) is 49.3 Å². The third kappa shape index (κ3) is 21.8. The maximum absolute atomic E-state index is 13.6. The number of carbonyl (C=O) groups is 4. The molecule has 0 saturated carbocycles. The number of rotatable bonds is 10. The van der Waals surface area contributed by atoms with E-state index in [-0.39, 0.29) is 48.6 Å². The first-order valence-electron chi connectivity index (χ1n) is 23.3. The van der Waals surface area contributed by atoms with Gasteiger partial charge in [-0.25, -0.2) is 0 Å². The summed E-state index contributed by atoms with van der Waals surface area (Å²) in [6.45, 7) is 21.6. The van der Waals surface area contributed by atoms with Crippen LogP contribution in [0.15, 0.2) is 40.9 Å². The van der Waals surface area contributed by atoms with Crippen molar-refractivity contribution in [1.29, 1.82) is 0 Å². The molecular formula is C50H85FN2O10. The average molecular weight is 893 g/mol. The van der Waals surface area contributed by atoms with Crippen molar-refractivity contribution in [3.05, 3.63) is 42.2 Å². The van der Waals surface area contributed by atoms with Crippen LogP contribution in [0.4, 0.5) is 4.39 Å². The van der Waals surface area contributed by atoms with Gasteiger partial charge in [-0.2, -0.15) is 0 Å². The van der Waals surface area contributed by atoms with E-state index in [2.05, 4.69) is 21.7 Å². The zero-order valence-corrected chi connectivity index (χ0v) is 41.7. The number of ketones is 2. The van der Waals surface area contributed by atoms with Crippen LogP contribution in [0, 0.1) is 29.6 Å². The minimum atomic E-state index is -1.02. The van der Waals surface area contributed by atoms with Crippen LogP contribution in [0.25, 0.3) is 11.3 Å². The van der Waals surface area contributed by atoms with Crippen molar-refractivity contribution in [2.45, 2.75) is 178 Å². The van der Waals surface area contributed by atoms with Crippen molar-refractivity contribution >= 4 is 23.5 Å². The summed E-state index contributed by atoms with van der Waals surface area (Å²) >= 11 is 0. The van der Waals surface area contributed by atoms with E-state index in [1.165, 1.54) is 33.1 Å². The lowest BCUT2D eigenvalue weighted by Crippen LogP contribution is -2.47. The number of ether oxygens (including phenoxy) is 5. The third-order valence-corrected chi connectivity index (χ3v) is 11.1. The van der Waals surface area contributed by atoms with E-state index < -0.39 is 54.3 Å². The maximum atomic E-state index is 13.6. The number of hydrogen-bond donors (Lipinski definition) is 0. The summed E-state index contributed by atoms with van der Waals surface area (Å²) in [5.74, 6) is -2.95. The zero-order valence-electron chi connectivity index (χ0n) is 41.7. The number of aryl methyl sites for hydroxylation is 1. The van der Waals surface area contributed by atoms with Gasteiger partial charge in [0.25, 0.3) is 0 Å². The Morgan fingerprint density at radius 1 is 0.873 bits per heavy atom. The summed E-state index contributed by atoms with van der Waals surface area (Å²) in [7, 11) is 7.32. The predicted molar refractivity (Wildman–Crippen MR) is 248 cm³/mol. The van der Waals surface area contributed by atoms with Crippen molar-refractivity contribution in [1.82, 2.24) is 10.1 Å². The minimum absolute atomic E-state index is 0.00219. The molecule has 63 heavy (non-hydrogen) atoms. The molecule has 2 aliphatic rings. The first-order valence-corrected chi connectivity index (χ1v) is 23.3. The molecular weight excluding hydrogens is 808 g/mol. The molecule has 0 spiro atoms. The molecule has 362 valence electrons. The fraction of sp³-hybridized carbons (Fsp3) is 0.740. The quantitative estimate of drug-likeness (QED) is 0.127. The molecule has 0 aliphatic carbocycles. The Hall–Kier alpha value is -3.52. The molecule has 2 aliphatic heterocycles. The lowest BCUT2D eigenvalue weighted by molar-refractivity contribution is -0.236. The van der Waals surface area contributed by atoms with Gasteiger partial charge in [0.1, 0.15) is 35.4 Å². The van der Waals surface area contributed by atoms with Crippen molar-refractivity contribution in [2.75, 3.05) is 35.0 Å². The Morgan fingerprint density at radius 2 is 1.46 bits per heavy atom. The van der Waals surface area contributed by atoms with Gasteiger partial charge in [-0.05, 0) is 72.9 Å². The van der Waals surface area contributed by atoms with E-state index in [1.54, 1.807) is 28.1 Å². The molecule has 2 saturated heterocycles. The zero-order chi connectivity index (χ0) is 48.2. The lowest BCUT2D eigenvalue weighted by atomic mass is 9.79. The molecule has 1 aromatic heterocycles. The number of halogens is 1. The molecule has 1 aromatic carbocycles. The van der Waals surface area contributed by atoms with Gasteiger partial charge in [0.15, 0.2) is 12.1 Å². The number of carbonyl (C=O) groups excluding carboxylic acids is 4. The second-order valence-corrected chi connectivity index (χ2v) is 16.8. The van der Waals surface area contributed by atoms with Crippen LogP contribution in [0.3, 0.4) is 0 Å². The van der Waals surface area contributed by atoms with E-state index in [1.807, 2.05) is 99.0 Å². The smallest absolute Gasteiger partial charge is 0.316 e. The molecule has 0 amide bonds. The molecule has 11 atom stereocenters. The van der Waals surface area contributed by atoms with Gasteiger partial charge in [-0.15, -0.1) is 0 Å². The van der Waals surface area contributed by atoms with E-state index >= 15 is 0 Å². The summed E-state index contributed by atoms with van der Waals surface area (Å²) in [6, 6.07) is 12.5. The van der Waals surface area contributed by atoms with Crippen LogP contribution in [0.2, 0.25) is 0 Å². The second kappa shape index (κ2) is 33.0. The number of benzene rings is 1. The number of methoxy groups -OCH3 is 1. The highest BCUT2D eigenvalue weighted by Crippen LogP contribution is 2.33. The highest BCUT2D eigenvalue weighted by Gasteiger charge is 2.41. The monoisotopic (exact) mass is 893 g/mol. The summed E-state index contributed by atoms with van der Waals surface area (Å²) < 4.78 is 43.8. The van der Waals surface area contributed by atoms with Gasteiger partial charge in [-0.1, -0.05) is 104 Å². The van der Waals surface area contributed by atoms with E-state index in [0.717, 1.165) is 29.9 Å². The second-order valence-electron chi connectivity index (χ2n) is 16.8. The molecule has 4 rings (SSSR count).